The number of urea groups is 1. The summed E-state index contributed by atoms with van der Waals surface area (Å²) in [4.78, 5) is 15.7. The number of carbonyl (C=O) groups excluding carboxylic acids is 1. The van der Waals surface area contributed by atoms with E-state index >= 15 is 0 Å². The third-order valence-electron chi connectivity index (χ3n) is 5.38. The predicted molar refractivity (Wildman–Crippen MR) is 94.6 cm³/mol. The highest BCUT2D eigenvalue weighted by atomic mass is 16.5. The Hall–Kier alpha value is -2.17. The number of ether oxygens (including phenoxy) is 1. The Balaban J connectivity index is 1.40. The quantitative estimate of drug-likeness (QED) is 0.810. The van der Waals surface area contributed by atoms with Gasteiger partial charge in [0.05, 0.1) is 7.11 Å². The summed E-state index contributed by atoms with van der Waals surface area (Å²) < 4.78 is 5.33. The van der Waals surface area contributed by atoms with Crippen LogP contribution < -0.4 is 15.4 Å². The number of carbonyl (C=O) groups is 1. The lowest BCUT2D eigenvalue weighted by atomic mass is 9.96. The molecule has 1 aromatic heterocycles. The van der Waals surface area contributed by atoms with Gasteiger partial charge in [0.2, 0.25) is 0 Å². The number of H-pyrrole nitrogens is 1. The maximum absolute atomic E-state index is 12.3. The van der Waals surface area contributed by atoms with Crippen LogP contribution >= 0.6 is 0 Å². The zero-order chi connectivity index (χ0) is 16.5. The van der Waals surface area contributed by atoms with Gasteiger partial charge in [-0.25, -0.2) is 4.79 Å². The Morgan fingerprint density at radius 3 is 2.71 bits per heavy atom. The van der Waals surface area contributed by atoms with Crippen molar-refractivity contribution in [1.29, 1.82) is 0 Å². The number of aromatic nitrogens is 1. The fraction of sp³-hybridized carbons (Fsp3) is 0.526. The van der Waals surface area contributed by atoms with Crippen LogP contribution in [0.5, 0.6) is 5.75 Å². The molecule has 3 N–H and O–H groups in total. The fourth-order valence-electron chi connectivity index (χ4n) is 4.14. The van der Waals surface area contributed by atoms with E-state index in [4.69, 9.17) is 4.74 Å². The molecule has 2 aromatic rings. The second-order valence-electron chi connectivity index (χ2n) is 7.05. The van der Waals surface area contributed by atoms with E-state index in [9.17, 15) is 4.79 Å². The molecule has 1 saturated carbocycles. The summed E-state index contributed by atoms with van der Waals surface area (Å²) in [5, 5.41) is 7.50. The molecule has 5 nitrogen and oxygen atoms in total. The monoisotopic (exact) mass is 327 g/mol. The summed E-state index contributed by atoms with van der Waals surface area (Å²) in [6.07, 6.45) is 7.72. The molecular formula is C19H25N3O2. The van der Waals surface area contributed by atoms with Gasteiger partial charge >= 0.3 is 6.03 Å². The molecule has 2 aliphatic carbocycles. The van der Waals surface area contributed by atoms with Crippen LogP contribution in [0.15, 0.2) is 18.2 Å². The maximum Gasteiger partial charge on any atom is 0.315 e. The van der Waals surface area contributed by atoms with Crippen LogP contribution in [-0.2, 0) is 12.8 Å². The van der Waals surface area contributed by atoms with Crippen molar-refractivity contribution in [2.75, 3.05) is 7.11 Å². The molecule has 1 unspecified atom stereocenters. The lowest BCUT2D eigenvalue weighted by molar-refractivity contribution is 0.229. The number of nitrogens with one attached hydrogen (secondary N) is 3. The largest absolute Gasteiger partial charge is 0.497 e. The minimum atomic E-state index is -0.0149. The summed E-state index contributed by atoms with van der Waals surface area (Å²) in [6, 6.07) is 6.62. The summed E-state index contributed by atoms with van der Waals surface area (Å²) >= 11 is 0. The van der Waals surface area contributed by atoms with Gasteiger partial charge in [-0.3, -0.25) is 0 Å². The fourth-order valence-corrected chi connectivity index (χ4v) is 4.14. The maximum atomic E-state index is 12.3. The van der Waals surface area contributed by atoms with Crippen LogP contribution in [0.2, 0.25) is 0 Å². The van der Waals surface area contributed by atoms with Crippen molar-refractivity contribution in [3.05, 3.63) is 29.5 Å². The molecule has 128 valence electrons. The number of hydrogen-bond donors (Lipinski definition) is 3. The van der Waals surface area contributed by atoms with Gasteiger partial charge in [0.1, 0.15) is 5.75 Å². The number of rotatable bonds is 3. The van der Waals surface area contributed by atoms with E-state index in [0.29, 0.717) is 6.04 Å². The van der Waals surface area contributed by atoms with Crippen molar-refractivity contribution < 1.29 is 9.53 Å². The minimum absolute atomic E-state index is 0.0149. The molecule has 4 rings (SSSR count). The first-order chi connectivity index (χ1) is 11.7. The zero-order valence-electron chi connectivity index (χ0n) is 14.2. The van der Waals surface area contributed by atoms with E-state index in [2.05, 4.69) is 27.8 Å². The highest BCUT2D eigenvalue weighted by molar-refractivity contribution is 5.87. The predicted octanol–water partition coefficient (Wildman–Crippen LogP) is 3.28. The number of hydrogen-bond acceptors (Lipinski definition) is 2. The lowest BCUT2D eigenvalue weighted by Gasteiger charge is -2.24. The molecule has 0 bridgehead atoms. The standard InChI is InChI=1S/C19H25N3O2/c1-24-14-7-8-17-16(11-14)15-9-13(10-18(15)22-17)21-19(23)20-12-5-3-2-4-6-12/h7-8,11-13,22H,2-6,9-10H2,1H3,(H2,20,21,23). The Labute approximate surface area is 142 Å². The van der Waals surface area contributed by atoms with Crippen LogP contribution in [0, 0.1) is 0 Å². The van der Waals surface area contributed by atoms with Gasteiger partial charge in [0.15, 0.2) is 0 Å². The molecule has 24 heavy (non-hydrogen) atoms. The second kappa shape index (κ2) is 6.38. The highest BCUT2D eigenvalue weighted by Gasteiger charge is 2.27. The van der Waals surface area contributed by atoms with Gasteiger partial charge in [-0.15, -0.1) is 0 Å². The number of methoxy groups -OCH3 is 1. The minimum Gasteiger partial charge on any atom is -0.497 e. The molecule has 2 amide bonds. The number of fused-ring (bicyclic) bond motifs is 3. The summed E-state index contributed by atoms with van der Waals surface area (Å²) in [6.45, 7) is 0. The van der Waals surface area contributed by atoms with Crippen molar-refractivity contribution in [2.45, 2.75) is 57.0 Å². The van der Waals surface area contributed by atoms with Crippen molar-refractivity contribution >= 4 is 16.9 Å². The molecule has 0 spiro atoms. The van der Waals surface area contributed by atoms with Crippen LogP contribution in [-0.4, -0.2) is 30.2 Å². The third kappa shape index (κ3) is 2.95. The lowest BCUT2D eigenvalue weighted by Crippen LogP contribution is -2.47. The van der Waals surface area contributed by atoms with Crippen molar-refractivity contribution in [2.24, 2.45) is 0 Å². The van der Waals surface area contributed by atoms with E-state index < -0.39 is 0 Å². The zero-order valence-corrected chi connectivity index (χ0v) is 14.2. The summed E-state index contributed by atoms with van der Waals surface area (Å²) in [5.41, 5.74) is 3.69. The number of benzene rings is 1. The van der Waals surface area contributed by atoms with Gasteiger partial charge in [-0.05, 0) is 43.0 Å². The van der Waals surface area contributed by atoms with Gasteiger partial charge < -0.3 is 20.4 Å². The van der Waals surface area contributed by atoms with Crippen molar-refractivity contribution in [3.8, 4) is 5.75 Å². The van der Waals surface area contributed by atoms with Gasteiger partial charge in [-0.1, -0.05) is 19.3 Å². The highest BCUT2D eigenvalue weighted by Crippen LogP contribution is 2.32. The van der Waals surface area contributed by atoms with Crippen LogP contribution in [0.3, 0.4) is 0 Å². The number of amides is 2. The van der Waals surface area contributed by atoms with Crippen molar-refractivity contribution in [3.63, 3.8) is 0 Å². The van der Waals surface area contributed by atoms with E-state index in [1.165, 1.54) is 35.9 Å². The molecular weight excluding hydrogens is 302 g/mol. The van der Waals surface area contributed by atoms with E-state index in [1.54, 1.807) is 7.11 Å². The van der Waals surface area contributed by atoms with Crippen LogP contribution in [0.1, 0.15) is 43.4 Å². The third-order valence-corrected chi connectivity index (χ3v) is 5.38. The second-order valence-corrected chi connectivity index (χ2v) is 7.05. The molecule has 0 saturated heterocycles. The first-order valence-corrected chi connectivity index (χ1v) is 8.97. The van der Waals surface area contributed by atoms with E-state index in [-0.39, 0.29) is 12.1 Å². The normalized spacial score (nSPS) is 20.8. The molecule has 1 fully saturated rings. The smallest absolute Gasteiger partial charge is 0.315 e. The summed E-state index contributed by atoms with van der Waals surface area (Å²) in [5.74, 6) is 0.871. The first-order valence-electron chi connectivity index (χ1n) is 8.97. The molecule has 1 aromatic carbocycles. The summed E-state index contributed by atoms with van der Waals surface area (Å²) in [7, 11) is 1.69. The van der Waals surface area contributed by atoms with Crippen LogP contribution in [0.4, 0.5) is 4.79 Å². The molecule has 0 aliphatic heterocycles. The Morgan fingerprint density at radius 1 is 1.12 bits per heavy atom. The van der Waals surface area contributed by atoms with Gasteiger partial charge in [0, 0.05) is 35.1 Å². The average Bonchev–Trinajstić information content (AvgIpc) is 3.12. The van der Waals surface area contributed by atoms with Gasteiger partial charge in [-0.2, -0.15) is 0 Å². The Kier molecular flexibility index (Phi) is 4.08. The molecule has 2 aliphatic rings. The molecule has 5 heteroatoms. The van der Waals surface area contributed by atoms with E-state index in [1.807, 2.05) is 6.07 Å². The molecule has 1 atom stereocenters. The van der Waals surface area contributed by atoms with Crippen molar-refractivity contribution in [1.82, 2.24) is 15.6 Å². The number of aromatic amines is 1. The Morgan fingerprint density at radius 2 is 1.92 bits per heavy atom. The average molecular weight is 327 g/mol. The first kappa shape index (κ1) is 15.4. The van der Waals surface area contributed by atoms with E-state index in [0.717, 1.165) is 36.9 Å². The molecule has 0 radical (unpaired) electrons. The Bertz CT molecular complexity index is 746. The van der Waals surface area contributed by atoms with Gasteiger partial charge in [0.25, 0.3) is 0 Å². The van der Waals surface area contributed by atoms with Crippen LogP contribution in [0.25, 0.3) is 10.9 Å². The SMILES string of the molecule is COc1ccc2[nH]c3c(c2c1)CC(NC(=O)NC1CCCCC1)C3. The topological polar surface area (TPSA) is 66.1 Å². The molecule has 1 heterocycles.